The fourth-order valence-electron chi connectivity index (χ4n) is 6.64. The van der Waals surface area contributed by atoms with Crippen LogP contribution in [0.5, 0.6) is 0 Å². The number of ketones is 1. The summed E-state index contributed by atoms with van der Waals surface area (Å²) < 4.78 is 0. The molecule has 0 spiro atoms. The molecule has 0 saturated heterocycles. The lowest BCUT2D eigenvalue weighted by atomic mass is 9.47. The van der Waals surface area contributed by atoms with Gasteiger partial charge in [0.2, 0.25) is 0 Å². The van der Waals surface area contributed by atoms with Gasteiger partial charge < -0.3 is 0 Å². The van der Waals surface area contributed by atoms with Gasteiger partial charge in [-0.05, 0) is 79.1 Å². The van der Waals surface area contributed by atoms with Crippen molar-refractivity contribution in [3.8, 4) is 0 Å². The summed E-state index contributed by atoms with van der Waals surface area (Å²) in [5.41, 5.74) is 2.16. The first-order valence-corrected chi connectivity index (χ1v) is 9.26. The Bertz CT molecular complexity index is 522. The van der Waals surface area contributed by atoms with Crippen molar-refractivity contribution in [3.05, 3.63) is 10.6 Å². The van der Waals surface area contributed by atoms with Gasteiger partial charge in [-0.2, -0.15) is 0 Å². The smallest absolute Gasteiger partial charge is 0.174 e. The first-order valence-electron chi connectivity index (χ1n) is 8.88. The van der Waals surface area contributed by atoms with E-state index >= 15 is 0 Å². The van der Waals surface area contributed by atoms with E-state index in [-0.39, 0.29) is 11.2 Å². The summed E-state index contributed by atoms with van der Waals surface area (Å²) in [6.45, 7) is 4.97. The van der Waals surface area contributed by atoms with Gasteiger partial charge in [0.1, 0.15) is 0 Å². The zero-order valence-corrected chi connectivity index (χ0v) is 14.1. The van der Waals surface area contributed by atoms with Crippen molar-refractivity contribution in [2.24, 2.45) is 28.6 Å². The number of allylic oxidation sites excluding steroid dienone is 1. The molecule has 0 heterocycles. The first-order chi connectivity index (χ1) is 9.96. The van der Waals surface area contributed by atoms with Crippen LogP contribution in [0.4, 0.5) is 0 Å². The molecule has 4 rings (SSSR count). The molecule has 3 saturated carbocycles. The summed E-state index contributed by atoms with van der Waals surface area (Å²) in [4.78, 5) is 12.0. The molecule has 4 aliphatic rings. The van der Waals surface area contributed by atoms with Gasteiger partial charge in [0, 0.05) is 6.42 Å². The van der Waals surface area contributed by atoms with Crippen molar-refractivity contribution in [3.63, 3.8) is 0 Å². The molecular weight excluding hydrogens is 280 g/mol. The largest absolute Gasteiger partial charge is 0.293 e. The van der Waals surface area contributed by atoms with Gasteiger partial charge in [-0.1, -0.05) is 31.9 Å². The monoisotopic (exact) mass is 306 g/mol. The summed E-state index contributed by atoms with van der Waals surface area (Å²) >= 11 is 6.43. The van der Waals surface area contributed by atoms with E-state index in [1.54, 1.807) is 0 Å². The fourth-order valence-corrected chi connectivity index (χ4v) is 7.05. The molecule has 4 aliphatic carbocycles. The molecule has 0 aromatic heterocycles. The van der Waals surface area contributed by atoms with Crippen LogP contribution in [-0.4, -0.2) is 5.78 Å². The normalized spacial score (nSPS) is 49.7. The predicted octanol–water partition coefficient (Wildman–Crippen LogP) is 5.47. The van der Waals surface area contributed by atoms with Crippen LogP contribution in [0.3, 0.4) is 0 Å². The van der Waals surface area contributed by atoms with Gasteiger partial charge in [-0.3, -0.25) is 4.79 Å². The molecule has 0 radical (unpaired) electrons. The maximum atomic E-state index is 12.0. The number of carbonyl (C=O) groups excluding carboxylic acids is 1. The Morgan fingerprint density at radius 3 is 2.62 bits per heavy atom. The molecule has 0 N–H and O–H groups in total. The van der Waals surface area contributed by atoms with E-state index < -0.39 is 0 Å². The van der Waals surface area contributed by atoms with Crippen molar-refractivity contribution in [1.29, 1.82) is 0 Å². The Morgan fingerprint density at radius 2 is 1.81 bits per heavy atom. The second kappa shape index (κ2) is 4.60. The number of hydrogen-bond acceptors (Lipinski definition) is 1. The number of carbonyl (C=O) groups is 1. The molecule has 0 aromatic rings. The van der Waals surface area contributed by atoms with Crippen LogP contribution in [0, 0.1) is 28.6 Å². The summed E-state index contributed by atoms with van der Waals surface area (Å²) in [6.07, 6.45) is 11.1. The summed E-state index contributed by atoms with van der Waals surface area (Å²) in [5.74, 6) is 2.80. The van der Waals surface area contributed by atoms with Crippen molar-refractivity contribution in [2.45, 2.75) is 71.6 Å². The van der Waals surface area contributed by atoms with E-state index in [2.05, 4.69) is 13.8 Å². The second-order valence-electron chi connectivity index (χ2n) is 8.63. The zero-order chi connectivity index (χ0) is 14.8. The van der Waals surface area contributed by atoms with Gasteiger partial charge >= 0.3 is 0 Å². The maximum Gasteiger partial charge on any atom is 0.174 e. The molecule has 116 valence electrons. The molecule has 5 atom stereocenters. The molecule has 0 amide bonds. The molecule has 0 aromatic carbocycles. The van der Waals surface area contributed by atoms with Crippen LogP contribution >= 0.6 is 11.6 Å². The number of rotatable bonds is 0. The highest BCUT2D eigenvalue weighted by atomic mass is 35.5. The minimum atomic E-state index is 0.198. The lowest BCUT2D eigenvalue weighted by Crippen LogP contribution is -2.49. The molecule has 0 aliphatic heterocycles. The lowest BCUT2D eigenvalue weighted by Gasteiger charge is -2.57. The van der Waals surface area contributed by atoms with Gasteiger partial charge in [0.05, 0.1) is 5.03 Å². The highest BCUT2D eigenvalue weighted by Crippen LogP contribution is 2.65. The second-order valence-corrected chi connectivity index (χ2v) is 9.01. The van der Waals surface area contributed by atoms with E-state index in [0.717, 1.165) is 30.6 Å². The Morgan fingerprint density at radius 1 is 1.00 bits per heavy atom. The van der Waals surface area contributed by atoms with Gasteiger partial charge in [-0.15, -0.1) is 0 Å². The van der Waals surface area contributed by atoms with Crippen LogP contribution in [0.2, 0.25) is 0 Å². The number of halogens is 1. The number of fused-ring (bicyclic) bond motifs is 5. The topological polar surface area (TPSA) is 17.1 Å². The van der Waals surface area contributed by atoms with Crippen LogP contribution in [0.1, 0.15) is 71.6 Å². The van der Waals surface area contributed by atoms with Gasteiger partial charge in [0.15, 0.2) is 5.78 Å². The predicted molar refractivity (Wildman–Crippen MR) is 86.1 cm³/mol. The summed E-state index contributed by atoms with van der Waals surface area (Å²) in [7, 11) is 0. The Hall–Kier alpha value is -0.300. The number of Topliss-reactive ketones (excluding diaryl/α,β-unsaturated/α-hetero) is 1. The first kappa shape index (κ1) is 14.3. The van der Waals surface area contributed by atoms with E-state index in [1.807, 2.05) is 0 Å². The Balaban J connectivity index is 1.72. The average molecular weight is 307 g/mol. The van der Waals surface area contributed by atoms with E-state index in [4.69, 9.17) is 11.6 Å². The van der Waals surface area contributed by atoms with Crippen LogP contribution in [-0.2, 0) is 4.79 Å². The van der Waals surface area contributed by atoms with Crippen LogP contribution in [0.15, 0.2) is 10.6 Å². The summed E-state index contributed by atoms with van der Waals surface area (Å²) in [5, 5.41) is 0.613. The quantitative estimate of drug-likeness (QED) is 0.579. The van der Waals surface area contributed by atoms with Crippen molar-refractivity contribution in [2.75, 3.05) is 0 Å². The molecule has 0 unspecified atom stereocenters. The van der Waals surface area contributed by atoms with Crippen molar-refractivity contribution < 1.29 is 4.79 Å². The van der Waals surface area contributed by atoms with E-state index in [1.165, 1.54) is 44.1 Å². The molecular formula is C19H27ClO. The average Bonchev–Trinajstić information content (AvgIpc) is 2.85. The van der Waals surface area contributed by atoms with Crippen LogP contribution in [0.25, 0.3) is 0 Å². The molecule has 1 nitrogen and oxygen atoms in total. The third kappa shape index (κ3) is 1.85. The third-order valence-electron chi connectivity index (χ3n) is 7.83. The number of hydrogen-bond donors (Lipinski definition) is 0. The standard InChI is InChI=1S/C19H27ClO/c1-18-9-3-4-13(18)12-5-6-15-17(20)16(21)8-11-19(15,2)14(12)7-10-18/h12-14H,3-11H2,1-2H3/t12-,13-,14-,18-,19+/m0/s1. The fraction of sp³-hybridized carbons (Fsp3) is 0.842. The zero-order valence-electron chi connectivity index (χ0n) is 13.4. The van der Waals surface area contributed by atoms with Crippen molar-refractivity contribution >= 4 is 17.4 Å². The molecule has 0 bridgehead atoms. The van der Waals surface area contributed by atoms with Gasteiger partial charge in [0.25, 0.3) is 0 Å². The molecule has 21 heavy (non-hydrogen) atoms. The minimum Gasteiger partial charge on any atom is -0.293 e. The SMILES string of the molecule is C[C@@]12CCC[C@H]1[C@@H]1CCC3=C(Cl)C(=O)CC[C@]3(C)[C@H]1CC2. The van der Waals surface area contributed by atoms with Gasteiger partial charge in [-0.25, -0.2) is 0 Å². The maximum absolute atomic E-state index is 12.0. The van der Waals surface area contributed by atoms with Crippen molar-refractivity contribution in [1.82, 2.24) is 0 Å². The Labute approximate surface area is 133 Å². The highest BCUT2D eigenvalue weighted by molar-refractivity contribution is 6.43. The van der Waals surface area contributed by atoms with E-state index in [9.17, 15) is 4.79 Å². The lowest BCUT2D eigenvalue weighted by molar-refractivity contribution is -0.117. The molecule has 2 heteroatoms. The van der Waals surface area contributed by atoms with E-state index in [0.29, 0.717) is 16.9 Å². The minimum absolute atomic E-state index is 0.198. The third-order valence-corrected chi connectivity index (χ3v) is 8.27. The highest BCUT2D eigenvalue weighted by Gasteiger charge is 2.56. The Kier molecular flexibility index (Phi) is 3.13. The molecule has 3 fully saturated rings. The summed E-state index contributed by atoms with van der Waals surface area (Å²) in [6, 6.07) is 0. The van der Waals surface area contributed by atoms with Crippen LogP contribution < -0.4 is 0 Å².